The molecule has 0 saturated heterocycles. The maximum Gasteiger partial charge on any atom is 0.256 e. The zero-order valence-corrected chi connectivity index (χ0v) is 16.6. The van der Waals surface area contributed by atoms with E-state index in [0.29, 0.717) is 23.9 Å². The third-order valence-corrected chi connectivity index (χ3v) is 5.26. The van der Waals surface area contributed by atoms with Crippen molar-refractivity contribution < 1.29 is 13.4 Å². The summed E-state index contributed by atoms with van der Waals surface area (Å²) in [6, 6.07) is 11.3. The van der Waals surface area contributed by atoms with Crippen LogP contribution in [0.3, 0.4) is 0 Å². The lowest BCUT2D eigenvalue weighted by Gasteiger charge is -2.23. The Morgan fingerprint density at radius 2 is 2.14 bits per heavy atom. The Hall–Kier alpha value is -2.74. The average Bonchev–Trinajstić information content (AvgIpc) is 2.98. The Bertz CT molecular complexity index is 1040. The van der Waals surface area contributed by atoms with Crippen LogP contribution in [-0.2, 0) is 13.5 Å². The van der Waals surface area contributed by atoms with Gasteiger partial charge in [0.2, 0.25) is 0 Å². The van der Waals surface area contributed by atoms with Crippen molar-refractivity contribution >= 4 is 40.6 Å². The summed E-state index contributed by atoms with van der Waals surface area (Å²) in [5.74, 6) is 1.69. The number of benzene rings is 1. The van der Waals surface area contributed by atoms with Crippen LogP contribution >= 0.6 is 12.1 Å². The minimum Gasteiger partial charge on any atom is -0.493 e. The van der Waals surface area contributed by atoms with Gasteiger partial charge in [0.05, 0.1) is 17.9 Å². The SMILES string of the molecule is CN1CCc2c(c3ccc(Nc4cccc(OCCSF)c4)nc3n2C)C1=O. The molecule has 2 aromatic heterocycles. The first-order valence-electron chi connectivity index (χ1n) is 9.05. The van der Waals surface area contributed by atoms with Crippen LogP contribution in [0.1, 0.15) is 16.1 Å². The number of likely N-dealkylation sites (N-methyl/N-ethyl adjacent to an activating group) is 1. The van der Waals surface area contributed by atoms with Crippen molar-refractivity contribution in [1.29, 1.82) is 0 Å². The second-order valence-electron chi connectivity index (χ2n) is 6.74. The van der Waals surface area contributed by atoms with Crippen LogP contribution in [0.4, 0.5) is 15.4 Å². The fourth-order valence-electron chi connectivity index (χ4n) is 3.52. The van der Waals surface area contributed by atoms with Gasteiger partial charge in [-0.1, -0.05) is 6.07 Å². The fourth-order valence-corrected chi connectivity index (χ4v) is 3.67. The summed E-state index contributed by atoms with van der Waals surface area (Å²) < 4.78 is 19.7. The number of pyridine rings is 1. The molecule has 1 N–H and O–H groups in total. The highest BCUT2D eigenvalue weighted by Gasteiger charge is 2.28. The van der Waals surface area contributed by atoms with E-state index in [1.807, 2.05) is 55.1 Å². The molecule has 28 heavy (non-hydrogen) atoms. The normalized spacial score (nSPS) is 13.7. The molecule has 0 fully saturated rings. The zero-order valence-electron chi connectivity index (χ0n) is 15.7. The highest BCUT2D eigenvalue weighted by molar-refractivity contribution is 7.94. The van der Waals surface area contributed by atoms with Crippen molar-refractivity contribution in [1.82, 2.24) is 14.5 Å². The summed E-state index contributed by atoms with van der Waals surface area (Å²) in [5, 5.41) is 4.15. The number of rotatable bonds is 6. The van der Waals surface area contributed by atoms with Gasteiger partial charge in [-0.05, 0) is 24.3 Å². The second-order valence-corrected chi connectivity index (χ2v) is 7.37. The Morgan fingerprint density at radius 1 is 1.29 bits per heavy atom. The van der Waals surface area contributed by atoms with Crippen LogP contribution < -0.4 is 10.1 Å². The molecule has 1 aliphatic heterocycles. The van der Waals surface area contributed by atoms with Gasteiger partial charge >= 0.3 is 0 Å². The number of carbonyl (C=O) groups is 1. The molecule has 8 heteroatoms. The smallest absolute Gasteiger partial charge is 0.256 e. The van der Waals surface area contributed by atoms with Crippen molar-refractivity contribution in [3.63, 3.8) is 0 Å². The molecule has 3 heterocycles. The van der Waals surface area contributed by atoms with Gasteiger partial charge in [-0.15, -0.1) is 0 Å². The molecule has 0 unspecified atom stereocenters. The fraction of sp³-hybridized carbons (Fsp3) is 0.300. The minimum absolute atomic E-state index is 0.0469. The van der Waals surface area contributed by atoms with E-state index in [2.05, 4.69) is 5.32 Å². The highest BCUT2D eigenvalue weighted by Crippen LogP contribution is 2.30. The van der Waals surface area contributed by atoms with E-state index in [4.69, 9.17) is 9.72 Å². The topological polar surface area (TPSA) is 59.4 Å². The quantitative estimate of drug-likeness (QED) is 0.635. The lowest BCUT2D eigenvalue weighted by molar-refractivity contribution is 0.0781. The molecule has 0 bridgehead atoms. The molecule has 146 valence electrons. The minimum atomic E-state index is 0.0469. The van der Waals surface area contributed by atoms with Gasteiger partial charge in [0.25, 0.3) is 5.91 Å². The number of fused-ring (bicyclic) bond motifs is 3. The lowest BCUT2D eigenvalue weighted by Crippen LogP contribution is -2.34. The second kappa shape index (κ2) is 7.71. The van der Waals surface area contributed by atoms with Gasteiger partial charge in [-0.25, -0.2) is 4.98 Å². The molecule has 3 aromatic rings. The number of amides is 1. The van der Waals surface area contributed by atoms with Crippen LogP contribution in [0.25, 0.3) is 11.0 Å². The largest absolute Gasteiger partial charge is 0.493 e. The Kier molecular flexibility index (Phi) is 5.13. The number of aryl methyl sites for hydroxylation is 1. The van der Waals surface area contributed by atoms with Gasteiger partial charge < -0.3 is 19.5 Å². The van der Waals surface area contributed by atoms with Gasteiger partial charge in [-0.3, -0.25) is 4.79 Å². The summed E-state index contributed by atoms with van der Waals surface area (Å²) in [6.45, 7) is 1.03. The van der Waals surface area contributed by atoms with E-state index in [0.717, 1.165) is 40.9 Å². The number of halogens is 1. The maximum atomic E-state index is 12.6. The number of anilines is 2. The predicted octanol–water partition coefficient (Wildman–Crippen LogP) is 3.94. The molecule has 4 rings (SSSR count). The maximum absolute atomic E-state index is 12.6. The number of nitrogens with one attached hydrogen (secondary N) is 1. The van der Waals surface area contributed by atoms with Gasteiger partial charge in [0.15, 0.2) is 0 Å². The van der Waals surface area contributed by atoms with Crippen molar-refractivity contribution in [3.05, 3.63) is 47.7 Å². The Morgan fingerprint density at radius 3 is 2.96 bits per heavy atom. The average molecular weight is 400 g/mol. The first-order chi connectivity index (χ1) is 13.6. The van der Waals surface area contributed by atoms with Crippen LogP contribution in [-0.4, -0.2) is 46.3 Å². The summed E-state index contributed by atoms with van der Waals surface area (Å²) >= 11 is 0.262. The Labute approximate surface area is 167 Å². The van der Waals surface area contributed by atoms with E-state index in [1.165, 1.54) is 0 Å². The number of nitrogens with zero attached hydrogens (tertiary/aromatic N) is 3. The van der Waals surface area contributed by atoms with E-state index < -0.39 is 0 Å². The molecular weight excluding hydrogens is 379 g/mol. The molecule has 6 nitrogen and oxygen atoms in total. The molecule has 0 aliphatic carbocycles. The van der Waals surface area contributed by atoms with Crippen LogP contribution in [0.5, 0.6) is 5.75 Å². The number of hydrogen-bond acceptors (Lipinski definition) is 5. The standard InChI is InChI=1S/C20H21FN4O2S/c1-24-9-8-16-18(20(24)26)15-6-7-17(23-19(15)25(16)2)22-13-4-3-5-14(12-13)27-10-11-28-21/h3-7,12H,8-11H2,1-2H3,(H,22,23). The Balaban J connectivity index is 1.62. The van der Waals surface area contributed by atoms with E-state index >= 15 is 0 Å². The molecule has 1 aliphatic rings. The monoisotopic (exact) mass is 400 g/mol. The van der Waals surface area contributed by atoms with Crippen molar-refractivity contribution in [2.24, 2.45) is 7.05 Å². The van der Waals surface area contributed by atoms with E-state index in [1.54, 1.807) is 4.90 Å². The summed E-state index contributed by atoms with van der Waals surface area (Å²) in [4.78, 5) is 19.1. The third-order valence-electron chi connectivity index (χ3n) is 4.94. The molecule has 0 saturated carbocycles. The van der Waals surface area contributed by atoms with Crippen LogP contribution in [0.2, 0.25) is 0 Å². The summed E-state index contributed by atoms with van der Waals surface area (Å²) in [7, 11) is 3.78. The molecule has 1 amide bonds. The number of aromatic nitrogens is 2. The number of carbonyl (C=O) groups excluding carboxylic acids is 1. The van der Waals surface area contributed by atoms with Crippen molar-refractivity contribution in [3.8, 4) is 5.75 Å². The van der Waals surface area contributed by atoms with Crippen LogP contribution in [0.15, 0.2) is 36.4 Å². The van der Waals surface area contributed by atoms with Crippen LogP contribution in [0, 0.1) is 0 Å². The van der Waals surface area contributed by atoms with Gasteiger partial charge in [-0.2, -0.15) is 3.89 Å². The highest BCUT2D eigenvalue weighted by atomic mass is 32.2. The van der Waals surface area contributed by atoms with Gasteiger partial charge in [0, 0.05) is 62.0 Å². The van der Waals surface area contributed by atoms with E-state index in [-0.39, 0.29) is 18.1 Å². The molecule has 0 spiro atoms. The number of ether oxygens (including phenoxy) is 1. The number of hydrogen-bond donors (Lipinski definition) is 1. The zero-order chi connectivity index (χ0) is 19.7. The molecule has 0 radical (unpaired) electrons. The molecular formula is C20H21FN4O2S. The van der Waals surface area contributed by atoms with Gasteiger partial charge in [0.1, 0.15) is 17.2 Å². The van der Waals surface area contributed by atoms with E-state index in [9.17, 15) is 8.68 Å². The first kappa shape index (κ1) is 18.6. The predicted molar refractivity (Wildman–Crippen MR) is 110 cm³/mol. The molecule has 1 aromatic carbocycles. The first-order valence-corrected chi connectivity index (χ1v) is 9.94. The van der Waals surface area contributed by atoms with Crippen molar-refractivity contribution in [2.45, 2.75) is 6.42 Å². The molecule has 0 atom stereocenters. The summed E-state index contributed by atoms with van der Waals surface area (Å²) in [6.07, 6.45) is 0.823. The van der Waals surface area contributed by atoms with Crippen molar-refractivity contribution in [2.75, 3.05) is 31.3 Å². The lowest BCUT2D eigenvalue weighted by atomic mass is 10.0. The third kappa shape index (κ3) is 3.40. The summed E-state index contributed by atoms with van der Waals surface area (Å²) in [5.41, 5.74) is 3.40.